The molecule has 0 aliphatic carbocycles. The van der Waals surface area contributed by atoms with Gasteiger partial charge in [0.05, 0.1) is 5.69 Å². The van der Waals surface area contributed by atoms with Crippen molar-refractivity contribution in [3.63, 3.8) is 0 Å². The quantitative estimate of drug-likeness (QED) is 0.726. The molecule has 2 aromatic heterocycles. The van der Waals surface area contributed by atoms with Crippen molar-refractivity contribution in [1.82, 2.24) is 20.2 Å². The number of nitrogens with one attached hydrogen (secondary N) is 2. The topological polar surface area (TPSA) is 54.8 Å². The summed E-state index contributed by atoms with van der Waals surface area (Å²) < 4.78 is 14.9. The Morgan fingerprint density at radius 1 is 1.19 bits per heavy atom. The summed E-state index contributed by atoms with van der Waals surface area (Å²) in [5.74, 6) is 0.438. The van der Waals surface area contributed by atoms with Gasteiger partial charge in [0.15, 0.2) is 5.65 Å². The molecule has 21 heavy (non-hydrogen) atoms. The van der Waals surface area contributed by atoms with Crippen LogP contribution >= 0.6 is 0 Å². The molecular formula is C15H16FN5. The number of pyridine rings is 1. The molecule has 0 bridgehead atoms. The summed E-state index contributed by atoms with van der Waals surface area (Å²) in [6.45, 7) is 1.95. The SMILES string of the molecule is CNNc1cc(-c2ccc(F)cc2)c2c(C)nn(C)c2n1. The zero-order chi connectivity index (χ0) is 15.0. The van der Waals surface area contributed by atoms with Gasteiger partial charge in [0.1, 0.15) is 11.6 Å². The summed E-state index contributed by atoms with van der Waals surface area (Å²) in [7, 11) is 3.64. The number of halogens is 1. The van der Waals surface area contributed by atoms with E-state index < -0.39 is 0 Å². The zero-order valence-corrected chi connectivity index (χ0v) is 12.1. The molecule has 6 heteroatoms. The minimum Gasteiger partial charge on any atom is -0.306 e. The van der Waals surface area contributed by atoms with E-state index in [9.17, 15) is 4.39 Å². The molecular weight excluding hydrogens is 269 g/mol. The Hall–Kier alpha value is -2.47. The van der Waals surface area contributed by atoms with Gasteiger partial charge >= 0.3 is 0 Å². The normalized spacial score (nSPS) is 11.0. The molecule has 0 aliphatic rings. The highest BCUT2D eigenvalue weighted by Gasteiger charge is 2.14. The number of benzene rings is 1. The molecule has 0 saturated heterocycles. The number of aromatic nitrogens is 3. The summed E-state index contributed by atoms with van der Waals surface area (Å²) in [6, 6.07) is 8.37. The van der Waals surface area contributed by atoms with Crippen molar-refractivity contribution >= 4 is 16.9 Å². The van der Waals surface area contributed by atoms with Crippen molar-refractivity contribution in [2.75, 3.05) is 12.5 Å². The van der Waals surface area contributed by atoms with Crippen molar-refractivity contribution in [1.29, 1.82) is 0 Å². The third-order valence-electron chi connectivity index (χ3n) is 3.38. The number of rotatable bonds is 3. The molecule has 108 valence electrons. The lowest BCUT2D eigenvalue weighted by molar-refractivity contribution is 0.628. The Balaban J connectivity index is 2.30. The van der Waals surface area contributed by atoms with E-state index in [-0.39, 0.29) is 5.82 Å². The summed E-state index contributed by atoms with van der Waals surface area (Å²) in [6.07, 6.45) is 0. The third kappa shape index (κ3) is 2.34. The Labute approximate surface area is 121 Å². The predicted octanol–water partition coefficient (Wildman–Crippen LogP) is 2.63. The van der Waals surface area contributed by atoms with Crippen molar-refractivity contribution in [3.05, 3.63) is 41.8 Å². The number of hydrogen-bond donors (Lipinski definition) is 2. The van der Waals surface area contributed by atoms with Gasteiger partial charge in [-0.2, -0.15) is 5.10 Å². The van der Waals surface area contributed by atoms with E-state index in [1.807, 2.05) is 20.0 Å². The van der Waals surface area contributed by atoms with Crippen molar-refractivity contribution in [3.8, 4) is 11.1 Å². The van der Waals surface area contributed by atoms with Crippen LogP contribution in [0.5, 0.6) is 0 Å². The second-order valence-corrected chi connectivity index (χ2v) is 4.84. The second-order valence-electron chi connectivity index (χ2n) is 4.84. The Kier molecular flexibility index (Phi) is 3.31. The van der Waals surface area contributed by atoms with Gasteiger partial charge in [0.2, 0.25) is 0 Å². The molecule has 0 aliphatic heterocycles. The Morgan fingerprint density at radius 3 is 2.57 bits per heavy atom. The molecule has 2 heterocycles. The van der Waals surface area contributed by atoms with Gasteiger partial charge in [-0.3, -0.25) is 4.68 Å². The van der Waals surface area contributed by atoms with Gasteiger partial charge in [0, 0.05) is 19.5 Å². The molecule has 2 N–H and O–H groups in total. The minimum absolute atomic E-state index is 0.250. The maximum atomic E-state index is 13.1. The second kappa shape index (κ2) is 5.14. The fourth-order valence-electron chi connectivity index (χ4n) is 2.49. The van der Waals surface area contributed by atoms with Crippen LogP contribution in [-0.4, -0.2) is 21.8 Å². The molecule has 3 aromatic rings. The fourth-order valence-corrected chi connectivity index (χ4v) is 2.49. The Morgan fingerprint density at radius 2 is 1.90 bits per heavy atom. The molecule has 0 amide bonds. The highest BCUT2D eigenvalue weighted by molar-refractivity contribution is 5.96. The lowest BCUT2D eigenvalue weighted by Crippen LogP contribution is -2.16. The van der Waals surface area contributed by atoms with Crippen LogP contribution in [0.4, 0.5) is 10.2 Å². The average molecular weight is 285 g/mol. The van der Waals surface area contributed by atoms with Gasteiger partial charge in [0.25, 0.3) is 0 Å². The summed E-state index contributed by atoms with van der Waals surface area (Å²) in [5.41, 5.74) is 9.43. The van der Waals surface area contributed by atoms with E-state index in [0.717, 1.165) is 27.9 Å². The van der Waals surface area contributed by atoms with Gasteiger partial charge in [-0.15, -0.1) is 0 Å². The standard InChI is InChI=1S/C15H16FN5/c1-9-14-12(10-4-6-11(16)7-5-10)8-13(19-17-2)18-15(14)21(3)20-9/h4-8,17H,1-3H3,(H,18,19). The first-order valence-corrected chi connectivity index (χ1v) is 6.63. The number of anilines is 1. The molecule has 0 unspecified atom stereocenters. The van der Waals surface area contributed by atoms with E-state index in [4.69, 9.17) is 0 Å². The van der Waals surface area contributed by atoms with Crippen LogP contribution in [0, 0.1) is 12.7 Å². The largest absolute Gasteiger partial charge is 0.306 e. The van der Waals surface area contributed by atoms with Gasteiger partial charge in [-0.25, -0.2) is 14.8 Å². The average Bonchev–Trinajstić information content (AvgIpc) is 2.75. The highest BCUT2D eigenvalue weighted by atomic mass is 19.1. The van der Waals surface area contributed by atoms with Crippen LogP contribution in [0.1, 0.15) is 5.69 Å². The molecule has 1 aromatic carbocycles. The molecule has 3 rings (SSSR count). The fraction of sp³-hybridized carbons (Fsp3) is 0.200. The first-order valence-electron chi connectivity index (χ1n) is 6.63. The van der Waals surface area contributed by atoms with E-state index in [2.05, 4.69) is 20.9 Å². The summed E-state index contributed by atoms with van der Waals surface area (Å²) in [4.78, 5) is 4.54. The maximum Gasteiger partial charge on any atom is 0.160 e. The summed E-state index contributed by atoms with van der Waals surface area (Å²) >= 11 is 0. The van der Waals surface area contributed by atoms with Crippen LogP contribution in [0.2, 0.25) is 0 Å². The number of aryl methyl sites for hydroxylation is 2. The van der Waals surface area contributed by atoms with E-state index in [0.29, 0.717) is 5.82 Å². The molecule has 0 radical (unpaired) electrons. The molecule has 0 fully saturated rings. The Bertz CT molecular complexity index is 792. The summed E-state index contributed by atoms with van der Waals surface area (Å²) in [5, 5.41) is 5.40. The van der Waals surface area contributed by atoms with Gasteiger partial charge in [-0.05, 0) is 36.2 Å². The molecule has 0 spiro atoms. The van der Waals surface area contributed by atoms with Crippen LogP contribution in [0.25, 0.3) is 22.2 Å². The molecule has 0 atom stereocenters. The maximum absolute atomic E-state index is 13.1. The van der Waals surface area contributed by atoms with Crippen LogP contribution in [0.3, 0.4) is 0 Å². The predicted molar refractivity (Wildman–Crippen MR) is 81.3 cm³/mol. The van der Waals surface area contributed by atoms with Crippen LogP contribution in [0.15, 0.2) is 30.3 Å². The van der Waals surface area contributed by atoms with E-state index in [1.165, 1.54) is 12.1 Å². The monoisotopic (exact) mass is 285 g/mol. The number of nitrogens with zero attached hydrogens (tertiary/aromatic N) is 3. The van der Waals surface area contributed by atoms with E-state index >= 15 is 0 Å². The van der Waals surface area contributed by atoms with Gasteiger partial charge < -0.3 is 5.43 Å². The minimum atomic E-state index is -0.250. The molecule has 0 saturated carbocycles. The first-order chi connectivity index (χ1) is 10.1. The molecule has 5 nitrogen and oxygen atoms in total. The number of hydrogen-bond acceptors (Lipinski definition) is 4. The lowest BCUT2D eigenvalue weighted by Gasteiger charge is -2.09. The number of fused-ring (bicyclic) bond motifs is 1. The van der Waals surface area contributed by atoms with Crippen molar-refractivity contribution in [2.24, 2.45) is 7.05 Å². The van der Waals surface area contributed by atoms with Gasteiger partial charge in [-0.1, -0.05) is 12.1 Å². The zero-order valence-electron chi connectivity index (χ0n) is 12.1. The third-order valence-corrected chi connectivity index (χ3v) is 3.38. The smallest absolute Gasteiger partial charge is 0.160 e. The lowest BCUT2D eigenvalue weighted by atomic mass is 10.0. The van der Waals surface area contributed by atoms with Crippen LogP contribution < -0.4 is 10.9 Å². The first kappa shape index (κ1) is 13.5. The highest BCUT2D eigenvalue weighted by Crippen LogP contribution is 2.32. The number of hydrazine groups is 1. The van der Waals surface area contributed by atoms with Crippen LogP contribution in [-0.2, 0) is 7.05 Å². The van der Waals surface area contributed by atoms with Crippen molar-refractivity contribution in [2.45, 2.75) is 6.92 Å². The van der Waals surface area contributed by atoms with E-state index in [1.54, 1.807) is 23.9 Å². The van der Waals surface area contributed by atoms with Crippen molar-refractivity contribution < 1.29 is 4.39 Å².